The molecule has 1 amide bonds. The zero-order valence-corrected chi connectivity index (χ0v) is 14.3. The molecular formula is C16H28N4O2. The number of amides is 1. The number of imidazole rings is 1. The quantitative estimate of drug-likeness (QED) is 0.877. The Kier molecular flexibility index (Phi) is 4.80. The first-order valence-corrected chi connectivity index (χ1v) is 7.93. The molecule has 1 heterocycles. The zero-order chi connectivity index (χ0) is 16.4. The number of aromatic nitrogens is 2. The first kappa shape index (κ1) is 16.8. The van der Waals surface area contributed by atoms with Crippen LogP contribution in [0.25, 0.3) is 0 Å². The monoisotopic (exact) mass is 308 g/mol. The highest BCUT2D eigenvalue weighted by Gasteiger charge is 2.39. The number of alkyl carbamates (subject to hydrolysis) is 1. The van der Waals surface area contributed by atoms with Crippen molar-refractivity contribution in [1.82, 2.24) is 20.2 Å². The van der Waals surface area contributed by atoms with E-state index in [2.05, 4.69) is 22.5 Å². The molecule has 6 nitrogen and oxygen atoms in total. The Bertz CT molecular complexity index is 514. The second-order valence-electron chi connectivity index (χ2n) is 7.26. The van der Waals surface area contributed by atoms with Crippen LogP contribution in [0.2, 0.25) is 0 Å². The van der Waals surface area contributed by atoms with Crippen LogP contribution < -0.4 is 10.6 Å². The lowest BCUT2D eigenvalue weighted by atomic mass is 9.76. The third kappa shape index (κ3) is 4.22. The van der Waals surface area contributed by atoms with Crippen LogP contribution in [-0.2, 0) is 11.8 Å². The Labute approximate surface area is 132 Å². The van der Waals surface area contributed by atoms with Gasteiger partial charge in [0.05, 0.1) is 11.6 Å². The molecule has 2 rings (SSSR count). The number of ether oxygens (including phenoxy) is 1. The molecule has 0 radical (unpaired) electrons. The van der Waals surface area contributed by atoms with Crippen LogP contribution in [0.15, 0.2) is 12.4 Å². The Hall–Kier alpha value is -1.56. The molecule has 1 fully saturated rings. The highest BCUT2D eigenvalue weighted by Crippen LogP contribution is 2.32. The minimum Gasteiger partial charge on any atom is -0.444 e. The maximum absolute atomic E-state index is 12.0. The van der Waals surface area contributed by atoms with Crippen LogP contribution in [0.5, 0.6) is 0 Å². The lowest BCUT2D eigenvalue weighted by Gasteiger charge is -2.43. The molecule has 1 aromatic rings. The summed E-state index contributed by atoms with van der Waals surface area (Å²) in [6.45, 7) is 8.44. The summed E-state index contributed by atoms with van der Waals surface area (Å²) < 4.78 is 7.38. The number of aryl methyl sites for hydroxylation is 1. The summed E-state index contributed by atoms with van der Waals surface area (Å²) >= 11 is 0. The number of rotatable bonds is 5. The molecule has 1 aliphatic rings. The molecule has 6 heteroatoms. The van der Waals surface area contributed by atoms with E-state index in [1.807, 2.05) is 38.6 Å². The van der Waals surface area contributed by atoms with Gasteiger partial charge in [-0.15, -0.1) is 0 Å². The molecule has 1 saturated carbocycles. The molecule has 0 aliphatic heterocycles. The van der Waals surface area contributed by atoms with E-state index in [-0.39, 0.29) is 17.7 Å². The van der Waals surface area contributed by atoms with E-state index in [0.717, 1.165) is 31.6 Å². The van der Waals surface area contributed by atoms with E-state index in [1.54, 1.807) is 6.20 Å². The largest absolute Gasteiger partial charge is 0.444 e. The fourth-order valence-corrected chi connectivity index (χ4v) is 2.70. The molecule has 1 unspecified atom stereocenters. The van der Waals surface area contributed by atoms with Gasteiger partial charge in [-0.2, -0.15) is 0 Å². The van der Waals surface area contributed by atoms with Gasteiger partial charge in [0.2, 0.25) is 0 Å². The molecule has 0 aromatic carbocycles. The number of hydrogen-bond acceptors (Lipinski definition) is 4. The maximum Gasteiger partial charge on any atom is 0.408 e. The standard InChI is InChI=1S/C16H28N4O2/c1-12(13-17-9-10-20(13)5)18-11-16(7-6-8-16)19-14(21)22-15(2,3)4/h9-10,12,18H,6-8,11H2,1-5H3,(H,19,21). The predicted octanol–water partition coefficient (Wildman–Crippen LogP) is 2.52. The van der Waals surface area contributed by atoms with Gasteiger partial charge in [0.25, 0.3) is 0 Å². The third-order valence-corrected chi connectivity index (χ3v) is 4.07. The van der Waals surface area contributed by atoms with E-state index in [0.29, 0.717) is 0 Å². The molecule has 2 N–H and O–H groups in total. The van der Waals surface area contributed by atoms with Crippen molar-refractivity contribution in [1.29, 1.82) is 0 Å². The molecular weight excluding hydrogens is 280 g/mol. The number of carbonyl (C=O) groups excluding carboxylic acids is 1. The molecule has 1 atom stereocenters. The van der Waals surface area contributed by atoms with Gasteiger partial charge >= 0.3 is 6.09 Å². The summed E-state index contributed by atoms with van der Waals surface area (Å²) in [5.41, 5.74) is -0.662. The van der Waals surface area contributed by atoms with E-state index in [9.17, 15) is 4.79 Å². The second kappa shape index (κ2) is 6.28. The Balaban J connectivity index is 1.89. The van der Waals surface area contributed by atoms with E-state index in [1.165, 1.54) is 0 Å². The van der Waals surface area contributed by atoms with Crippen molar-refractivity contribution in [3.8, 4) is 0 Å². The molecule has 0 spiro atoms. The number of hydrogen-bond donors (Lipinski definition) is 2. The van der Waals surface area contributed by atoms with Crippen LogP contribution >= 0.6 is 0 Å². The smallest absolute Gasteiger partial charge is 0.408 e. The summed E-state index contributed by atoms with van der Waals surface area (Å²) in [6.07, 6.45) is 6.49. The molecule has 1 aliphatic carbocycles. The van der Waals surface area contributed by atoms with Gasteiger partial charge in [0.15, 0.2) is 0 Å². The highest BCUT2D eigenvalue weighted by molar-refractivity contribution is 5.69. The van der Waals surface area contributed by atoms with Gasteiger partial charge in [-0.05, 0) is 47.0 Å². The normalized spacial score (nSPS) is 18.4. The minimum atomic E-state index is -0.470. The summed E-state index contributed by atoms with van der Waals surface area (Å²) in [4.78, 5) is 16.4. The third-order valence-electron chi connectivity index (χ3n) is 4.07. The van der Waals surface area contributed by atoms with Crippen LogP contribution in [-0.4, -0.2) is 33.3 Å². The number of nitrogens with one attached hydrogen (secondary N) is 2. The maximum atomic E-state index is 12.0. The number of nitrogens with zero attached hydrogens (tertiary/aromatic N) is 2. The van der Waals surface area contributed by atoms with Gasteiger partial charge in [0.1, 0.15) is 11.4 Å². The van der Waals surface area contributed by atoms with Crippen LogP contribution in [0, 0.1) is 0 Å². The lowest BCUT2D eigenvalue weighted by molar-refractivity contribution is 0.0379. The topological polar surface area (TPSA) is 68.2 Å². The summed E-state index contributed by atoms with van der Waals surface area (Å²) in [6, 6.07) is 0.137. The molecule has 0 bridgehead atoms. The van der Waals surface area contributed by atoms with Crippen LogP contribution in [0.1, 0.15) is 58.8 Å². The van der Waals surface area contributed by atoms with E-state index >= 15 is 0 Å². The fraction of sp³-hybridized carbons (Fsp3) is 0.750. The Morgan fingerprint density at radius 2 is 2.18 bits per heavy atom. The average Bonchev–Trinajstić information content (AvgIpc) is 2.76. The van der Waals surface area contributed by atoms with Crippen molar-refractivity contribution in [2.24, 2.45) is 7.05 Å². The van der Waals surface area contributed by atoms with Gasteiger partial charge in [-0.1, -0.05) is 0 Å². The van der Waals surface area contributed by atoms with E-state index < -0.39 is 5.60 Å². The fourth-order valence-electron chi connectivity index (χ4n) is 2.70. The van der Waals surface area contributed by atoms with Gasteiger partial charge in [-0.25, -0.2) is 9.78 Å². The van der Waals surface area contributed by atoms with Gasteiger partial charge < -0.3 is 19.9 Å². The van der Waals surface area contributed by atoms with Gasteiger partial charge in [-0.3, -0.25) is 0 Å². The SMILES string of the molecule is CC(NCC1(NC(=O)OC(C)(C)C)CCC1)c1nccn1C. The van der Waals surface area contributed by atoms with Crippen molar-refractivity contribution >= 4 is 6.09 Å². The summed E-state index contributed by atoms with van der Waals surface area (Å²) in [7, 11) is 1.98. The Morgan fingerprint density at radius 3 is 2.64 bits per heavy atom. The number of carbonyl (C=O) groups is 1. The zero-order valence-electron chi connectivity index (χ0n) is 14.3. The minimum absolute atomic E-state index is 0.137. The van der Waals surface area contributed by atoms with Crippen molar-refractivity contribution in [3.05, 3.63) is 18.2 Å². The molecule has 0 saturated heterocycles. The lowest BCUT2D eigenvalue weighted by Crippen LogP contribution is -2.60. The van der Waals surface area contributed by atoms with Crippen molar-refractivity contribution in [3.63, 3.8) is 0 Å². The first-order valence-electron chi connectivity index (χ1n) is 7.93. The van der Waals surface area contributed by atoms with Crippen LogP contribution in [0.3, 0.4) is 0 Å². The summed E-state index contributed by atoms with van der Waals surface area (Å²) in [5.74, 6) is 0.992. The van der Waals surface area contributed by atoms with Crippen LogP contribution in [0.4, 0.5) is 4.79 Å². The Morgan fingerprint density at radius 1 is 1.50 bits per heavy atom. The predicted molar refractivity (Wildman–Crippen MR) is 85.6 cm³/mol. The van der Waals surface area contributed by atoms with E-state index in [4.69, 9.17) is 4.74 Å². The van der Waals surface area contributed by atoms with Crippen molar-refractivity contribution < 1.29 is 9.53 Å². The summed E-state index contributed by atoms with van der Waals surface area (Å²) in [5, 5.41) is 6.53. The van der Waals surface area contributed by atoms with Crippen molar-refractivity contribution in [2.45, 2.75) is 64.1 Å². The second-order valence-corrected chi connectivity index (χ2v) is 7.26. The first-order chi connectivity index (χ1) is 10.2. The molecule has 22 heavy (non-hydrogen) atoms. The van der Waals surface area contributed by atoms with Crippen molar-refractivity contribution in [2.75, 3.05) is 6.54 Å². The molecule has 124 valence electrons. The highest BCUT2D eigenvalue weighted by atomic mass is 16.6. The molecule has 1 aromatic heterocycles. The average molecular weight is 308 g/mol. The van der Waals surface area contributed by atoms with Gasteiger partial charge in [0, 0.05) is 26.0 Å².